The number of nitrogens with zero attached hydrogens (tertiary/aromatic N) is 1. The fraction of sp³-hybridized carbons (Fsp3) is 0.853. The van der Waals surface area contributed by atoms with Gasteiger partial charge in [0.2, 0.25) is 5.91 Å². The molecule has 0 aromatic carbocycles. The number of quaternary nitrogens is 1. The molecule has 0 aliphatic heterocycles. The number of allylic oxidation sites excluding steroid dienone is 7. The Balaban J connectivity index is 5.14. The van der Waals surface area contributed by atoms with Gasteiger partial charge in [0.1, 0.15) is 19.3 Å². The minimum absolute atomic E-state index is 0.0248. The van der Waals surface area contributed by atoms with Crippen molar-refractivity contribution in [3.8, 4) is 0 Å². The van der Waals surface area contributed by atoms with Gasteiger partial charge in [0.25, 0.3) is 7.82 Å². The van der Waals surface area contributed by atoms with Gasteiger partial charge >= 0.3 is 5.97 Å². The highest BCUT2D eigenvalue weighted by Gasteiger charge is 2.27. The summed E-state index contributed by atoms with van der Waals surface area (Å²) in [7, 11) is 1.18. The van der Waals surface area contributed by atoms with E-state index in [1.54, 1.807) is 0 Å². The summed E-state index contributed by atoms with van der Waals surface area (Å²) in [6, 6.07) is -0.895. The Hall–Kier alpha value is -2.03. The Morgan fingerprint density at radius 2 is 0.782 bits per heavy atom. The van der Waals surface area contributed by atoms with E-state index in [2.05, 4.69) is 62.5 Å². The monoisotopic (exact) mass is 1120 g/mol. The van der Waals surface area contributed by atoms with E-state index in [4.69, 9.17) is 13.8 Å². The fourth-order valence-corrected chi connectivity index (χ4v) is 10.5. The van der Waals surface area contributed by atoms with Crippen LogP contribution in [0.2, 0.25) is 0 Å². The third-order valence-corrected chi connectivity index (χ3v) is 16.0. The zero-order valence-corrected chi connectivity index (χ0v) is 53.3. The fourth-order valence-electron chi connectivity index (χ4n) is 9.83. The van der Waals surface area contributed by atoms with Gasteiger partial charge in [-0.1, -0.05) is 288 Å². The number of esters is 1. The molecular formula is C68H129N2O7P. The Kier molecular flexibility index (Phi) is 56.7. The van der Waals surface area contributed by atoms with Crippen molar-refractivity contribution in [3.05, 3.63) is 48.6 Å². The molecule has 0 aliphatic carbocycles. The smallest absolute Gasteiger partial charge is 0.306 e. The normalized spacial score (nSPS) is 13.9. The maximum absolute atomic E-state index is 13.6. The molecule has 3 unspecified atom stereocenters. The molecule has 0 bridgehead atoms. The lowest BCUT2D eigenvalue weighted by Crippen LogP contribution is -2.47. The maximum atomic E-state index is 13.6. The maximum Gasteiger partial charge on any atom is 0.306 e. The number of hydrogen-bond acceptors (Lipinski definition) is 7. The van der Waals surface area contributed by atoms with E-state index in [1.165, 1.54) is 205 Å². The number of phosphoric acid groups is 1. The van der Waals surface area contributed by atoms with Crippen molar-refractivity contribution in [1.82, 2.24) is 5.32 Å². The average molecular weight is 1120 g/mol. The van der Waals surface area contributed by atoms with E-state index >= 15 is 0 Å². The van der Waals surface area contributed by atoms with Gasteiger partial charge in [0, 0.05) is 12.8 Å². The zero-order chi connectivity index (χ0) is 57.2. The summed E-state index contributed by atoms with van der Waals surface area (Å²) in [4.78, 5) is 40.1. The first-order valence-corrected chi connectivity index (χ1v) is 34.9. The number of nitrogens with one attached hydrogen (secondary N) is 1. The molecule has 458 valence electrons. The average Bonchev–Trinajstić information content (AvgIpc) is 3.40. The van der Waals surface area contributed by atoms with Gasteiger partial charge in [-0.25, -0.2) is 0 Å². The van der Waals surface area contributed by atoms with Crippen molar-refractivity contribution in [3.63, 3.8) is 0 Å². The predicted molar refractivity (Wildman–Crippen MR) is 335 cm³/mol. The molecule has 0 heterocycles. The highest BCUT2D eigenvalue weighted by Crippen LogP contribution is 2.38. The lowest BCUT2D eigenvalue weighted by atomic mass is 10.0. The predicted octanol–water partition coefficient (Wildman–Crippen LogP) is 20.2. The number of phosphoric ester groups is 1. The van der Waals surface area contributed by atoms with E-state index in [0.717, 1.165) is 77.0 Å². The molecule has 0 fully saturated rings. The standard InChI is InChI=1S/C68H129N2O7P/c1-7-10-13-16-19-22-25-28-30-32-33-34-35-36-37-39-40-42-45-48-51-54-57-60-67(71)69-65(64-76-78(73,74)75-63-62-70(4,5)6)66(59-56-53-50-47-44-27-24-21-18-15-12-9-3)77-68(72)61-58-55-52-49-46-43-41-38-31-29-26-23-20-17-14-11-8-2/h20,23,29,31,41,43,56,59,65-66H,7-19,21-22,24-28,30,32-40,42,44-55,57-58,60-64H2,1-6H3,(H-,69,71,73,74)/b23-20-,31-29-,43-41-,59-56+. The van der Waals surface area contributed by atoms with Crippen molar-refractivity contribution in [2.45, 2.75) is 335 Å². The van der Waals surface area contributed by atoms with E-state index in [-0.39, 0.29) is 24.9 Å². The zero-order valence-electron chi connectivity index (χ0n) is 52.4. The topological polar surface area (TPSA) is 114 Å². The number of likely N-dealkylation sites (N-methyl/N-ethyl adjacent to an activating group) is 1. The van der Waals surface area contributed by atoms with Gasteiger partial charge in [-0.15, -0.1) is 0 Å². The van der Waals surface area contributed by atoms with Crippen LogP contribution in [0.4, 0.5) is 0 Å². The summed E-state index contributed by atoms with van der Waals surface area (Å²) in [5.41, 5.74) is 0. The second kappa shape index (κ2) is 58.2. The van der Waals surface area contributed by atoms with Gasteiger partial charge in [0.15, 0.2) is 0 Å². The third-order valence-electron chi connectivity index (χ3n) is 15.0. The molecule has 0 spiro atoms. The van der Waals surface area contributed by atoms with Crippen molar-refractivity contribution in [2.75, 3.05) is 40.9 Å². The Bertz CT molecular complexity index is 1470. The number of hydrogen-bond donors (Lipinski definition) is 1. The molecule has 9 nitrogen and oxygen atoms in total. The number of unbranched alkanes of at least 4 members (excludes halogenated alkanes) is 39. The van der Waals surface area contributed by atoms with E-state index in [0.29, 0.717) is 23.9 Å². The van der Waals surface area contributed by atoms with Crippen molar-refractivity contribution in [2.24, 2.45) is 0 Å². The molecule has 0 saturated heterocycles. The Labute approximate surface area is 484 Å². The molecule has 1 amide bonds. The van der Waals surface area contributed by atoms with E-state index in [1.807, 2.05) is 33.3 Å². The Morgan fingerprint density at radius 1 is 0.449 bits per heavy atom. The summed E-state index contributed by atoms with van der Waals surface area (Å²) in [5.74, 6) is -0.553. The van der Waals surface area contributed by atoms with Crippen LogP contribution in [0.3, 0.4) is 0 Å². The van der Waals surface area contributed by atoms with Crippen LogP contribution in [0.5, 0.6) is 0 Å². The second-order valence-corrected chi connectivity index (χ2v) is 25.4. The molecular weight excluding hydrogens is 988 g/mol. The van der Waals surface area contributed by atoms with Crippen molar-refractivity contribution in [1.29, 1.82) is 0 Å². The molecule has 78 heavy (non-hydrogen) atoms. The summed E-state index contributed by atoms with van der Waals surface area (Å²) >= 11 is 0. The quantitative estimate of drug-likeness (QED) is 0.0212. The van der Waals surface area contributed by atoms with Gasteiger partial charge in [0.05, 0.1) is 33.8 Å². The molecule has 0 aromatic rings. The Morgan fingerprint density at radius 3 is 1.19 bits per heavy atom. The molecule has 0 radical (unpaired) electrons. The number of carbonyl (C=O) groups is 2. The number of carbonyl (C=O) groups excluding carboxylic acids is 2. The first kappa shape index (κ1) is 76.0. The summed E-state index contributed by atoms with van der Waals surface area (Å²) in [6.45, 7) is 6.84. The van der Waals surface area contributed by atoms with Crippen molar-refractivity contribution >= 4 is 19.7 Å². The number of ether oxygens (including phenoxy) is 1. The lowest BCUT2D eigenvalue weighted by molar-refractivity contribution is -0.870. The van der Waals surface area contributed by atoms with Crippen LogP contribution in [0.15, 0.2) is 48.6 Å². The molecule has 0 aliphatic rings. The van der Waals surface area contributed by atoms with Crippen LogP contribution < -0.4 is 10.2 Å². The van der Waals surface area contributed by atoms with Crippen LogP contribution in [0.1, 0.15) is 323 Å². The van der Waals surface area contributed by atoms with Gasteiger partial charge in [-0.05, 0) is 70.3 Å². The summed E-state index contributed by atoms with van der Waals surface area (Å²) < 4.78 is 30.4. The first-order valence-electron chi connectivity index (χ1n) is 33.4. The summed E-state index contributed by atoms with van der Waals surface area (Å²) in [6.07, 6.45) is 72.3. The van der Waals surface area contributed by atoms with E-state index < -0.39 is 26.6 Å². The highest BCUT2D eigenvalue weighted by molar-refractivity contribution is 7.45. The summed E-state index contributed by atoms with van der Waals surface area (Å²) in [5, 5.41) is 3.04. The van der Waals surface area contributed by atoms with Crippen LogP contribution >= 0.6 is 7.82 Å². The van der Waals surface area contributed by atoms with Crippen molar-refractivity contribution < 1.29 is 37.3 Å². The molecule has 1 N–H and O–H groups in total. The van der Waals surface area contributed by atoms with Gasteiger partial charge < -0.3 is 28.5 Å². The molecule has 10 heteroatoms. The minimum Gasteiger partial charge on any atom is -0.756 e. The first-order chi connectivity index (χ1) is 37.9. The SMILES string of the molecule is CCCCC/C=C\C/C=C\C/C=C\CCCCCCC(=O)OC(/C=C/CCCCCCCCCCCC)C(COP(=O)([O-])OCC[N+](C)(C)C)NC(=O)CCCCCCCCCCCCCCCCCCCCCCCCC. The van der Waals surface area contributed by atoms with Gasteiger partial charge in [-0.3, -0.25) is 14.2 Å². The van der Waals surface area contributed by atoms with Crippen LogP contribution in [-0.2, 0) is 27.9 Å². The van der Waals surface area contributed by atoms with E-state index in [9.17, 15) is 19.0 Å². The molecule has 0 aromatic heterocycles. The highest BCUT2D eigenvalue weighted by atomic mass is 31.2. The number of rotatable bonds is 61. The van der Waals surface area contributed by atoms with Crippen LogP contribution in [-0.4, -0.2) is 69.4 Å². The lowest BCUT2D eigenvalue weighted by Gasteiger charge is -2.30. The second-order valence-electron chi connectivity index (χ2n) is 24.0. The molecule has 0 saturated carbocycles. The largest absolute Gasteiger partial charge is 0.756 e. The van der Waals surface area contributed by atoms with Gasteiger partial charge in [-0.2, -0.15) is 0 Å². The van der Waals surface area contributed by atoms with Crippen LogP contribution in [0.25, 0.3) is 0 Å². The minimum atomic E-state index is -4.70. The molecule has 3 atom stereocenters. The third kappa shape index (κ3) is 58.6. The van der Waals surface area contributed by atoms with Crippen LogP contribution in [0, 0.1) is 0 Å². The molecule has 0 rings (SSSR count). The number of amides is 1.